The van der Waals surface area contributed by atoms with Gasteiger partial charge in [-0.25, -0.2) is 4.98 Å². The molecule has 1 aromatic rings. The molecule has 1 N–H and O–H groups in total. The molecular formula is C12H18N2OS. The molecule has 1 saturated heterocycles. The molecule has 1 aliphatic heterocycles. The zero-order chi connectivity index (χ0) is 11.2. The average molecular weight is 238 g/mol. The van der Waals surface area contributed by atoms with Gasteiger partial charge in [-0.1, -0.05) is 24.8 Å². The first-order chi connectivity index (χ1) is 7.88. The summed E-state index contributed by atoms with van der Waals surface area (Å²) < 4.78 is 5.14. The van der Waals surface area contributed by atoms with Gasteiger partial charge < -0.3 is 10.1 Å². The number of hydrogen-bond acceptors (Lipinski definition) is 4. The highest BCUT2D eigenvalue weighted by atomic mass is 32.2. The quantitative estimate of drug-likeness (QED) is 0.769. The molecule has 0 bridgehead atoms. The van der Waals surface area contributed by atoms with Crippen LogP contribution in [0.2, 0.25) is 0 Å². The van der Waals surface area contributed by atoms with Crippen LogP contribution in [-0.2, 0) is 11.3 Å². The summed E-state index contributed by atoms with van der Waals surface area (Å²) in [5.41, 5.74) is 1.25. The van der Waals surface area contributed by atoms with Crippen molar-refractivity contribution in [1.29, 1.82) is 0 Å². The molecule has 2 rings (SSSR count). The van der Waals surface area contributed by atoms with E-state index in [0.29, 0.717) is 5.25 Å². The molecule has 0 spiro atoms. The van der Waals surface area contributed by atoms with Crippen molar-refractivity contribution >= 4 is 11.8 Å². The van der Waals surface area contributed by atoms with E-state index in [2.05, 4.69) is 29.4 Å². The summed E-state index contributed by atoms with van der Waals surface area (Å²) in [6, 6.07) is 4.25. The number of thioether (sulfide) groups is 1. The Hall–Kier alpha value is -0.580. The van der Waals surface area contributed by atoms with E-state index in [1.54, 1.807) is 0 Å². The van der Waals surface area contributed by atoms with E-state index in [-0.39, 0.29) is 0 Å². The largest absolute Gasteiger partial charge is 0.379 e. The third-order valence-electron chi connectivity index (χ3n) is 2.45. The predicted molar refractivity (Wildman–Crippen MR) is 66.7 cm³/mol. The number of aromatic nitrogens is 1. The first-order valence-corrected chi connectivity index (χ1v) is 6.66. The minimum Gasteiger partial charge on any atom is -0.379 e. The Morgan fingerprint density at radius 2 is 2.38 bits per heavy atom. The van der Waals surface area contributed by atoms with Gasteiger partial charge in [-0.15, -0.1) is 0 Å². The Morgan fingerprint density at radius 1 is 1.50 bits per heavy atom. The second kappa shape index (κ2) is 6.23. The molecular weight excluding hydrogens is 220 g/mol. The molecule has 0 saturated carbocycles. The maximum Gasteiger partial charge on any atom is 0.0964 e. The summed E-state index contributed by atoms with van der Waals surface area (Å²) in [6.45, 7) is 5.89. The van der Waals surface area contributed by atoms with Gasteiger partial charge >= 0.3 is 0 Å². The van der Waals surface area contributed by atoms with Gasteiger partial charge in [0.15, 0.2) is 0 Å². The molecule has 4 heteroatoms. The Balaban J connectivity index is 1.78. The molecule has 1 aliphatic rings. The van der Waals surface area contributed by atoms with Crippen molar-refractivity contribution in [2.75, 3.05) is 19.8 Å². The SMILES string of the molecule is CCCNCc1ccc(SC2COC2)nc1. The van der Waals surface area contributed by atoms with Crippen LogP contribution in [0.3, 0.4) is 0 Å². The molecule has 0 atom stereocenters. The number of nitrogens with zero attached hydrogens (tertiary/aromatic N) is 1. The highest BCUT2D eigenvalue weighted by molar-refractivity contribution is 8.00. The first kappa shape index (κ1) is 11.9. The first-order valence-electron chi connectivity index (χ1n) is 5.78. The van der Waals surface area contributed by atoms with E-state index in [0.717, 1.165) is 31.3 Å². The van der Waals surface area contributed by atoms with Gasteiger partial charge in [0.2, 0.25) is 0 Å². The van der Waals surface area contributed by atoms with Gasteiger partial charge in [-0.2, -0.15) is 0 Å². The van der Waals surface area contributed by atoms with Crippen molar-refractivity contribution in [2.45, 2.75) is 30.2 Å². The molecule has 0 radical (unpaired) electrons. The monoisotopic (exact) mass is 238 g/mol. The van der Waals surface area contributed by atoms with Gasteiger partial charge in [-0.05, 0) is 24.6 Å². The fraction of sp³-hybridized carbons (Fsp3) is 0.583. The van der Waals surface area contributed by atoms with Gasteiger partial charge in [0.25, 0.3) is 0 Å². The standard InChI is InChI=1S/C12H18N2OS/c1-2-5-13-6-10-3-4-12(14-7-10)16-11-8-15-9-11/h3-4,7,11,13H,2,5-6,8-9H2,1H3. The molecule has 0 aliphatic carbocycles. The lowest BCUT2D eigenvalue weighted by atomic mass is 10.3. The average Bonchev–Trinajstić information content (AvgIpc) is 2.26. The van der Waals surface area contributed by atoms with Crippen LogP contribution in [0, 0.1) is 0 Å². The molecule has 2 heterocycles. The van der Waals surface area contributed by atoms with Crippen LogP contribution in [0.5, 0.6) is 0 Å². The summed E-state index contributed by atoms with van der Waals surface area (Å²) in [6.07, 6.45) is 3.13. The molecule has 1 aromatic heterocycles. The van der Waals surface area contributed by atoms with Crippen LogP contribution < -0.4 is 5.32 Å². The van der Waals surface area contributed by atoms with Crippen LogP contribution >= 0.6 is 11.8 Å². The van der Waals surface area contributed by atoms with Crippen molar-refractivity contribution in [2.24, 2.45) is 0 Å². The van der Waals surface area contributed by atoms with E-state index in [9.17, 15) is 0 Å². The van der Waals surface area contributed by atoms with Crippen LogP contribution in [0.15, 0.2) is 23.4 Å². The Kier molecular flexibility index (Phi) is 4.63. The van der Waals surface area contributed by atoms with Gasteiger partial charge in [0, 0.05) is 12.7 Å². The summed E-state index contributed by atoms with van der Waals surface area (Å²) in [5, 5.41) is 5.08. The maximum absolute atomic E-state index is 5.14. The molecule has 3 nitrogen and oxygen atoms in total. The lowest BCUT2D eigenvalue weighted by Gasteiger charge is -2.24. The van der Waals surface area contributed by atoms with E-state index in [4.69, 9.17) is 4.74 Å². The summed E-state index contributed by atoms with van der Waals surface area (Å²) in [5.74, 6) is 0. The second-order valence-corrected chi connectivity index (χ2v) is 5.28. The van der Waals surface area contributed by atoms with Gasteiger partial charge in [-0.3, -0.25) is 0 Å². The van der Waals surface area contributed by atoms with E-state index in [1.165, 1.54) is 12.0 Å². The van der Waals surface area contributed by atoms with Crippen molar-refractivity contribution in [3.8, 4) is 0 Å². The fourth-order valence-corrected chi connectivity index (χ4v) is 2.38. The number of hydrogen-bond donors (Lipinski definition) is 1. The Bertz CT molecular complexity index is 311. The normalized spacial score (nSPS) is 16.1. The lowest BCUT2D eigenvalue weighted by molar-refractivity contribution is 0.0454. The zero-order valence-corrected chi connectivity index (χ0v) is 10.4. The number of pyridine rings is 1. The topological polar surface area (TPSA) is 34.1 Å². The summed E-state index contributed by atoms with van der Waals surface area (Å²) >= 11 is 1.81. The fourth-order valence-electron chi connectivity index (χ4n) is 1.45. The third kappa shape index (κ3) is 3.47. The summed E-state index contributed by atoms with van der Waals surface area (Å²) in [4.78, 5) is 4.45. The molecule has 16 heavy (non-hydrogen) atoms. The van der Waals surface area contributed by atoms with Gasteiger partial charge in [0.1, 0.15) is 0 Å². The molecule has 0 aromatic carbocycles. The molecule has 1 fully saturated rings. The molecule has 0 unspecified atom stereocenters. The van der Waals surface area contributed by atoms with Crippen LogP contribution in [0.1, 0.15) is 18.9 Å². The smallest absolute Gasteiger partial charge is 0.0964 e. The predicted octanol–water partition coefficient (Wildman–Crippen LogP) is 2.07. The van der Waals surface area contributed by atoms with Gasteiger partial charge in [0.05, 0.1) is 23.5 Å². The van der Waals surface area contributed by atoms with Crippen LogP contribution in [0.25, 0.3) is 0 Å². The lowest BCUT2D eigenvalue weighted by Crippen LogP contribution is -2.30. The Labute approximate surface area is 101 Å². The number of ether oxygens (including phenoxy) is 1. The van der Waals surface area contributed by atoms with E-state index >= 15 is 0 Å². The maximum atomic E-state index is 5.14. The number of rotatable bonds is 6. The van der Waals surface area contributed by atoms with E-state index < -0.39 is 0 Å². The van der Waals surface area contributed by atoms with E-state index in [1.807, 2.05) is 18.0 Å². The van der Waals surface area contributed by atoms with Crippen molar-refractivity contribution in [1.82, 2.24) is 10.3 Å². The van der Waals surface area contributed by atoms with Crippen molar-refractivity contribution in [3.05, 3.63) is 23.9 Å². The van der Waals surface area contributed by atoms with Crippen molar-refractivity contribution < 1.29 is 4.74 Å². The summed E-state index contributed by atoms with van der Waals surface area (Å²) in [7, 11) is 0. The second-order valence-electron chi connectivity index (χ2n) is 3.96. The number of nitrogens with one attached hydrogen (secondary N) is 1. The Morgan fingerprint density at radius 3 is 2.94 bits per heavy atom. The van der Waals surface area contributed by atoms with Crippen LogP contribution in [-0.4, -0.2) is 30.0 Å². The highest BCUT2D eigenvalue weighted by Gasteiger charge is 2.19. The molecule has 0 amide bonds. The van der Waals surface area contributed by atoms with Crippen molar-refractivity contribution in [3.63, 3.8) is 0 Å². The minimum atomic E-state index is 0.608. The zero-order valence-electron chi connectivity index (χ0n) is 9.61. The molecule has 88 valence electrons. The minimum absolute atomic E-state index is 0.608. The highest BCUT2D eigenvalue weighted by Crippen LogP contribution is 2.26. The van der Waals surface area contributed by atoms with Crippen LogP contribution in [0.4, 0.5) is 0 Å². The third-order valence-corrected chi connectivity index (χ3v) is 3.54.